The van der Waals surface area contributed by atoms with Gasteiger partial charge in [0.1, 0.15) is 24.4 Å². The Morgan fingerprint density at radius 2 is 1.89 bits per heavy atom. The van der Waals surface area contributed by atoms with Crippen LogP contribution in [0.5, 0.6) is 0 Å². The summed E-state index contributed by atoms with van der Waals surface area (Å²) >= 11 is 0. The van der Waals surface area contributed by atoms with Crippen molar-refractivity contribution in [2.24, 2.45) is 0 Å². The average molecular weight is 262 g/mol. The van der Waals surface area contributed by atoms with Crippen molar-refractivity contribution in [2.75, 3.05) is 6.61 Å². The third kappa shape index (κ3) is 3.43. The topological polar surface area (TPSA) is 99.4 Å². The van der Waals surface area contributed by atoms with E-state index in [2.05, 4.69) is 0 Å². The summed E-state index contributed by atoms with van der Waals surface area (Å²) < 4.78 is 10.7. The van der Waals surface area contributed by atoms with Crippen LogP contribution in [0.25, 0.3) is 0 Å². The first kappa shape index (κ1) is 15.4. The van der Waals surface area contributed by atoms with Crippen molar-refractivity contribution in [3.8, 4) is 0 Å². The van der Waals surface area contributed by atoms with E-state index in [1.807, 2.05) is 6.92 Å². The van der Waals surface area contributed by atoms with Crippen LogP contribution in [0.1, 0.15) is 26.7 Å². The molecule has 0 unspecified atom stereocenters. The van der Waals surface area contributed by atoms with Gasteiger partial charge in [0.15, 0.2) is 0 Å². The van der Waals surface area contributed by atoms with Crippen LogP contribution in [0.2, 0.25) is 0 Å². The van der Waals surface area contributed by atoms with Crippen LogP contribution in [-0.4, -0.2) is 57.7 Å². The SMILES string of the molecule is C/C=C(/CCC)O[C@H]1O[C@H](CO)[C@@H](O)[C@H](O)[C@H]1O. The molecule has 4 N–H and O–H groups in total. The molecule has 106 valence electrons. The van der Waals surface area contributed by atoms with E-state index in [9.17, 15) is 15.3 Å². The number of rotatable bonds is 5. The standard InChI is InChI=1S/C12H22O6/c1-3-5-7(4-2)17-12-11(16)10(15)9(14)8(6-13)18-12/h4,8-16H,3,5-6H2,1-2H3/b7-4-/t8-,9-,10+,11-,12+/m1/s1. The summed E-state index contributed by atoms with van der Waals surface area (Å²) in [6, 6.07) is 0. The largest absolute Gasteiger partial charge is 0.467 e. The highest BCUT2D eigenvalue weighted by atomic mass is 16.7. The Morgan fingerprint density at radius 1 is 1.22 bits per heavy atom. The zero-order chi connectivity index (χ0) is 13.7. The monoisotopic (exact) mass is 262 g/mol. The van der Waals surface area contributed by atoms with Gasteiger partial charge < -0.3 is 29.9 Å². The molecule has 0 aromatic heterocycles. The lowest BCUT2D eigenvalue weighted by Crippen LogP contribution is -2.59. The first-order chi connectivity index (χ1) is 8.54. The summed E-state index contributed by atoms with van der Waals surface area (Å²) in [4.78, 5) is 0. The van der Waals surface area contributed by atoms with Crippen molar-refractivity contribution in [3.63, 3.8) is 0 Å². The second-order valence-corrected chi connectivity index (χ2v) is 4.32. The van der Waals surface area contributed by atoms with E-state index in [0.717, 1.165) is 6.42 Å². The molecule has 0 saturated carbocycles. The third-order valence-corrected chi connectivity index (χ3v) is 2.93. The fourth-order valence-corrected chi connectivity index (χ4v) is 1.83. The van der Waals surface area contributed by atoms with Gasteiger partial charge in [-0.2, -0.15) is 0 Å². The number of hydrogen-bond acceptors (Lipinski definition) is 6. The van der Waals surface area contributed by atoms with Gasteiger partial charge in [-0.15, -0.1) is 0 Å². The predicted molar refractivity (Wildman–Crippen MR) is 63.5 cm³/mol. The van der Waals surface area contributed by atoms with Crippen molar-refractivity contribution < 1.29 is 29.9 Å². The van der Waals surface area contributed by atoms with Crippen LogP contribution in [-0.2, 0) is 9.47 Å². The molecule has 1 rings (SSSR count). The summed E-state index contributed by atoms with van der Waals surface area (Å²) in [7, 11) is 0. The summed E-state index contributed by atoms with van der Waals surface area (Å²) in [6.07, 6.45) is -2.82. The number of aliphatic hydroxyl groups excluding tert-OH is 4. The number of aliphatic hydroxyl groups is 4. The summed E-state index contributed by atoms with van der Waals surface area (Å²) in [5.41, 5.74) is 0. The lowest BCUT2D eigenvalue weighted by Gasteiger charge is -2.39. The van der Waals surface area contributed by atoms with Crippen LogP contribution in [0.15, 0.2) is 11.8 Å². The smallest absolute Gasteiger partial charge is 0.228 e. The second kappa shape index (κ2) is 7.06. The van der Waals surface area contributed by atoms with E-state index in [1.165, 1.54) is 0 Å². The Hall–Kier alpha value is -0.660. The van der Waals surface area contributed by atoms with Gasteiger partial charge >= 0.3 is 0 Å². The molecule has 0 aliphatic carbocycles. The normalized spacial score (nSPS) is 37.7. The summed E-state index contributed by atoms with van der Waals surface area (Å²) in [5.74, 6) is 0.641. The van der Waals surface area contributed by atoms with Crippen molar-refractivity contribution >= 4 is 0 Å². The molecule has 6 nitrogen and oxygen atoms in total. The molecular weight excluding hydrogens is 240 g/mol. The van der Waals surface area contributed by atoms with Crippen LogP contribution in [0.3, 0.4) is 0 Å². The van der Waals surface area contributed by atoms with Gasteiger partial charge in [-0.25, -0.2) is 0 Å². The maximum Gasteiger partial charge on any atom is 0.228 e. The molecular formula is C12H22O6. The minimum absolute atomic E-state index is 0.455. The van der Waals surface area contributed by atoms with Gasteiger partial charge in [0.2, 0.25) is 6.29 Å². The maximum absolute atomic E-state index is 9.76. The molecule has 1 aliphatic heterocycles. The quantitative estimate of drug-likeness (QED) is 0.499. The number of hydrogen-bond donors (Lipinski definition) is 4. The minimum atomic E-state index is -1.40. The van der Waals surface area contributed by atoms with E-state index in [-0.39, 0.29) is 0 Å². The third-order valence-electron chi connectivity index (χ3n) is 2.93. The minimum Gasteiger partial charge on any atom is -0.467 e. The molecule has 0 bridgehead atoms. The fraction of sp³-hybridized carbons (Fsp3) is 0.833. The van der Waals surface area contributed by atoms with Crippen LogP contribution in [0, 0.1) is 0 Å². The Morgan fingerprint density at radius 3 is 2.39 bits per heavy atom. The number of ether oxygens (including phenoxy) is 2. The van der Waals surface area contributed by atoms with E-state index < -0.39 is 37.3 Å². The number of allylic oxidation sites excluding steroid dienone is 2. The highest BCUT2D eigenvalue weighted by Gasteiger charge is 2.44. The highest BCUT2D eigenvalue weighted by Crippen LogP contribution is 2.24. The molecule has 0 aromatic carbocycles. The van der Waals surface area contributed by atoms with Crippen molar-refractivity contribution in [3.05, 3.63) is 11.8 Å². The van der Waals surface area contributed by atoms with Gasteiger partial charge in [-0.3, -0.25) is 0 Å². The van der Waals surface area contributed by atoms with E-state index in [1.54, 1.807) is 13.0 Å². The summed E-state index contributed by atoms with van der Waals surface area (Å²) in [6.45, 7) is 3.33. The molecule has 1 heterocycles. The molecule has 0 spiro atoms. The van der Waals surface area contributed by atoms with E-state index >= 15 is 0 Å². The van der Waals surface area contributed by atoms with Crippen LogP contribution < -0.4 is 0 Å². The Balaban J connectivity index is 2.69. The van der Waals surface area contributed by atoms with Crippen LogP contribution in [0.4, 0.5) is 0 Å². The Bertz CT molecular complexity index is 278. The average Bonchev–Trinajstić information content (AvgIpc) is 2.38. The second-order valence-electron chi connectivity index (χ2n) is 4.32. The molecule has 6 heteroatoms. The molecule has 1 aliphatic rings. The molecule has 0 radical (unpaired) electrons. The van der Waals surface area contributed by atoms with Crippen molar-refractivity contribution in [2.45, 2.75) is 57.4 Å². The zero-order valence-electron chi connectivity index (χ0n) is 10.7. The summed E-state index contributed by atoms with van der Waals surface area (Å²) in [5, 5.41) is 38.0. The molecule has 1 saturated heterocycles. The first-order valence-corrected chi connectivity index (χ1v) is 6.17. The Labute approximate surface area is 106 Å². The van der Waals surface area contributed by atoms with Crippen molar-refractivity contribution in [1.29, 1.82) is 0 Å². The zero-order valence-corrected chi connectivity index (χ0v) is 10.7. The van der Waals surface area contributed by atoms with Crippen LogP contribution >= 0.6 is 0 Å². The molecule has 1 fully saturated rings. The fourth-order valence-electron chi connectivity index (χ4n) is 1.83. The molecule has 5 atom stereocenters. The van der Waals surface area contributed by atoms with E-state index in [0.29, 0.717) is 12.2 Å². The van der Waals surface area contributed by atoms with Gasteiger partial charge in [0.05, 0.1) is 12.4 Å². The van der Waals surface area contributed by atoms with Crippen molar-refractivity contribution in [1.82, 2.24) is 0 Å². The Kier molecular flexibility index (Phi) is 6.04. The highest BCUT2D eigenvalue weighted by molar-refractivity contribution is 4.94. The van der Waals surface area contributed by atoms with Gasteiger partial charge in [0.25, 0.3) is 0 Å². The maximum atomic E-state index is 9.76. The van der Waals surface area contributed by atoms with Gasteiger partial charge in [-0.1, -0.05) is 6.92 Å². The lowest BCUT2D eigenvalue weighted by atomic mass is 9.99. The van der Waals surface area contributed by atoms with E-state index in [4.69, 9.17) is 14.6 Å². The van der Waals surface area contributed by atoms with Gasteiger partial charge in [-0.05, 0) is 19.4 Å². The lowest BCUT2D eigenvalue weighted by molar-refractivity contribution is -0.291. The molecule has 0 amide bonds. The van der Waals surface area contributed by atoms with Gasteiger partial charge in [0, 0.05) is 6.42 Å². The first-order valence-electron chi connectivity index (χ1n) is 6.17. The predicted octanol–water partition coefficient (Wildman–Crippen LogP) is -0.493. The molecule has 18 heavy (non-hydrogen) atoms. The molecule has 0 aromatic rings.